The van der Waals surface area contributed by atoms with E-state index in [0.29, 0.717) is 6.61 Å². The highest BCUT2D eigenvalue weighted by Crippen LogP contribution is 2.40. The second-order valence-corrected chi connectivity index (χ2v) is 12.6. The quantitative estimate of drug-likeness (QED) is 0.643. The molecular weight excluding hydrogens is 272 g/mol. The van der Waals surface area contributed by atoms with E-state index in [1.807, 2.05) is 19.9 Å². The van der Waals surface area contributed by atoms with Crippen LogP contribution >= 0.6 is 0 Å². The predicted octanol–water partition coefficient (Wildman–Crippen LogP) is 2.83. The van der Waals surface area contributed by atoms with Crippen molar-refractivity contribution in [3.8, 4) is 0 Å². The van der Waals surface area contributed by atoms with Crippen LogP contribution in [0.3, 0.4) is 0 Å². The molecule has 2 rings (SSSR count). The summed E-state index contributed by atoms with van der Waals surface area (Å²) in [5, 5.41) is 10.5. The van der Waals surface area contributed by atoms with Gasteiger partial charge in [0, 0.05) is 0 Å². The Kier molecular flexibility index (Phi) is 3.98. The minimum atomic E-state index is -1.80. The van der Waals surface area contributed by atoms with Crippen LogP contribution in [-0.4, -0.2) is 44.1 Å². The van der Waals surface area contributed by atoms with Crippen LogP contribution < -0.4 is 0 Å². The zero-order valence-electron chi connectivity index (χ0n) is 13.7. The van der Waals surface area contributed by atoms with Gasteiger partial charge in [-0.3, -0.25) is 0 Å². The smallest absolute Gasteiger partial charge is 0.192 e. The Morgan fingerprint density at radius 1 is 1.30 bits per heavy atom. The topological polar surface area (TPSA) is 47.9 Å². The van der Waals surface area contributed by atoms with Crippen molar-refractivity contribution in [2.75, 3.05) is 6.61 Å². The molecule has 1 fully saturated rings. The highest BCUT2D eigenvalue weighted by atomic mass is 28.4. The first kappa shape index (κ1) is 16.2. The summed E-state index contributed by atoms with van der Waals surface area (Å²) in [6.45, 7) is 15.3. The predicted molar refractivity (Wildman–Crippen MR) is 81.1 cm³/mol. The second kappa shape index (κ2) is 4.92. The van der Waals surface area contributed by atoms with Crippen molar-refractivity contribution in [3.63, 3.8) is 0 Å². The number of hydrogen-bond acceptors (Lipinski definition) is 4. The molecule has 1 aliphatic heterocycles. The van der Waals surface area contributed by atoms with Crippen molar-refractivity contribution >= 4 is 8.32 Å². The lowest BCUT2D eigenvalue weighted by Gasteiger charge is -2.36. The van der Waals surface area contributed by atoms with Crippen LogP contribution in [0.2, 0.25) is 18.1 Å². The summed E-state index contributed by atoms with van der Waals surface area (Å²) >= 11 is 0. The van der Waals surface area contributed by atoms with E-state index in [1.165, 1.54) is 0 Å². The van der Waals surface area contributed by atoms with Gasteiger partial charge < -0.3 is 19.0 Å². The minimum Gasteiger partial charge on any atom is -0.413 e. The van der Waals surface area contributed by atoms with Gasteiger partial charge in [-0.1, -0.05) is 20.8 Å². The molecule has 4 nitrogen and oxygen atoms in total. The van der Waals surface area contributed by atoms with Crippen LogP contribution in [0.4, 0.5) is 0 Å². The first-order valence-electron chi connectivity index (χ1n) is 7.31. The lowest BCUT2D eigenvalue weighted by molar-refractivity contribution is -0.153. The molecule has 0 unspecified atom stereocenters. The summed E-state index contributed by atoms with van der Waals surface area (Å²) in [5.74, 6) is -0.612. The van der Waals surface area contributed by atoms with Crippen molar-refractivity contribution in [3.05, 3.63) is 11.6 Å². The summed E-state index contributed by atoms with van der Waals surface area (Å²) < 4.78 is 17.7. The molecule has 5 heteroatoms. The molecule has 0 spiro atoms. The lowest BCUT2D eigenvalue weighted by Crippen LogP contribution is -2.42. The molecule has 0 radical (unpaired) electrons. The number of ether oxygens (including phenoxy) is 2. The third-order valence-electron chi connectivity index (χ3n) is 4.64. The molecular formula is C15H28O4Si. The number of aliphatic hydroxyl groups is 1. The molecule has 20 heavy (non-hydrogen) atoms. The Labute approximate surface area is 123 Å². The normalized spacial score (nSPS) is 33.2. The fourth-order valence-corrected chi connectivity index (χ4v) is 3.29. The zero-order chi connectivity index (χ0) is 15.3. The fourth-order valence-electron chi connectivity index (χ4n) is 2.32. The first-order valence-corrected chi connectivity index (χ1v) is 10.2. The van der Waals surface area contributed by atoms with E-state index in [9.17, 15) is 5.11 Å². The van der Waals surface area contributed by atoms with Gasteiger partial charge in [-0.15, -0.1) is 0 Å². The molecule has 0 aromatic rings. The summed E-state index contributed by atoms with van der Waals surface area (Å²) in [5.41, 5.74) is 0.889. The van der Waals surface area contributed by atoms with Gasteiger partial charge in [-0.05, 0) is 43.6 Å². The van der Waals surface area contributed by atoms with Gasteiger partial charge in [-0.25, -0.2) is 0 Å². The van der Waals surface area contributed by atoms with Gasteiger partial charge in [0.05, 0.1) is 6.61 Å². The standard InChI is InChI=1S/C15H28O4Si/c1-14(2,3)20(6,7)17-9-10-8-11-13(12(10)16)19-15(4,5)18-11/h8,11-13,16H,9H2,1-7H3/t11-,12+,13-/m1/s1. The summed E-state index contributed by atoms with van der Waals surface area (Å²) in [6.07, 6.45) is 0.907. The van der Waals surface area contributed by atoms with Gasteiger partial charge in [-0.2, -0.15) is 0 Å². The fraction of sp³-hybridized carbons (Fsp3) is 0.867. The van der Waals surface area contributed by atoms with Gasteiger partial charge in [0.15, 0.2) is 14.1 Å². The largest absolute Gasteiger partial charge is 0.413 e. The van der Waals surface area contributed by atoms with E-state index in [1.54, 1.807) is 0 Å². The SMILES string of the molecule is CC1(C)O[C@@H]2[C@@H](C=C(CO[Si](C)(C)C(C)(C)C)[C@@H]2O)O1. The molecule has 1 aliphatic carbocycles. The number of hydrogen-bond donors (Lipinski definition) is 1. The van der Waals surface area contributed by atoms with E-state index >= 15 is 0 Å². The van der Waals surface area contributed by atoms with E-state index in [2.05, 4.69) is 33.9 Å². The van der Waals surface area contributed by atoms with E-state index < -0.39 is 20.2 Å². The maximum atomic E-state index is 10.4. The molecule has 0 amide bonds. The van der Waals surface area contributed by atoms with Gasteiger partial charge in [0.25, 0.3) is 0 Å². The Morgan fingerprint density at radius 2 is 1.90 bits per heavy atom. The number of rotatable bonds is 3. The highest BCUT2D eigenvalue weighted by Gasteiger charge is 2.49. The van der Waals surface area contributed by atoms with Crippen LogP contribution in [0, 0.1) is 0 Å². The zero-order valence-corrected chi connectivity index (χ0v) is 14.7. The molecule has 2 aliphatic rings. The molecule has 3 atom stereocenters. The third kappa shape index (κ3) is 3.02. The third-order valence-corrected chi connectivity index (χ3v) is 9.12. The average Bonchev–Trinajstić information content (AvgIpc) is 2.69. The van der Waals surface area contributed by atoms with Gasteiger partial charge >= 0.3 is 0 Å². The van der Waals surface area contributed by atoms with Gasteiger partial charge in [0.2, 0.25) is 0 Å². The maximum Gasteiger partial charge on any atom is 0.192 e. The summed E-state index contributed by atoms with van der Waals surface area (Å²) in [4.78, 5) is 0. The van der Waals surface area contributed by atoms with Crippen molar-refractivity contribution in [1.29, 1.82) is 0 Å². The van der Waals surface area contributed by atoms with Crippen LogP contribution in [0.1, 0.15) is 34.6 Å². The van der Waals surface area contributed by atoms with Crippen LogP contribution in [0.25, 0.3) is 0 Å². The van der Waals surface area contributed by atoms with Crippen molar-refractivity contribution in [2.24, 2.45) is 0 Å². The molecule has 0 aromatic heterocycles. The number of fused-ring (bicyclic) bond motifs is 1. The Bertz CT molecular complexity index is 409. The van der Waals surface area contributed by atoms with E-state index in [0.717, 1.165) is 5.57 Å². The maximum absolute atomic E-state index is 10.4. The summed E-state index contributed by atoms with van der Waals surface area (Å²) in [7, 11) is -1.80. The lowest BCUT2D eigenvalue weighted by atomic mass is 10.1. The van der Waals surface area contributed by atoms with Crippen LogP contribution in [0.5, 0.6) is 0 Å². The molecule has 1 N–H and O–H groups in total. The Morgan fingerprint density at radius 3 is 2.40 bits per heavy atom. The molecule has 1 saturated heterocycles. The minimum absolute atomic E-state index is 0.155. The monoisotopic (exact) mass is 300 g/mol. The molecule has 0 bridgehead atoms. The van der Waals surface area contributed by atoms with E-state index in [4.69, 9.17) is 13.9 Å². The number of aliphatic hydroxyl groups excluding tert-OH is 1. The Balaban J connectivity index is 1.99. The van der Waals surface area contributed by atoms with E-state index in [-0.39, 0.29) is 17.2 Å². The first-order chi connectivity index (χ1) is 8.93. The molecule has 116 valence electrons. The van der Waals surface area contributed by atoms with Crippen LogP contribution in [-0.2, 0) is 13.9 Å². The average molecular weight is 300 g/mol. The highest BCUT2D eigenvalue weighted by molar-refractivity contribution is 6.74. The van der Waals surface area contributed by atoms with Crippen molar-refractivity contribution in [1.82, 2.24) is 0 Å². The Hall–Kier alpha value is -0.203. The van der Waals surface area contributed by atoms with Crippen molar-refractivity contribution < 1.29 is 19.0 Å². The van der Waals surface area contributed by atoms with Gasteiger partial charge in [0.1, 0.15) is 18.3 Å². The molecule has 0 aromatic carbocycles. The second-order valence-electron chi connectivity index (χ2n) is 7.80. The van der Waals surface area contributed by atoms with Crippen molar-refractivity contribution in [2.45, 2.75) is 76.8 Å². The molecule has 0 saturated carbocycles. The summed E-state index contributed by atoms with van der Waals surface area (Å²) in [6, 6.07) is 0. The molecule has 1 heterocycles. The van der Waals surface area contributed by atoms with Crippen LogP contribution in [0.15, 0.2) is 11.6 Å².